The molecule has 1 N–H and O–H groups in total. The van der Waals surface area contributed by atoms with Crippen LogP contribution in [0, 0.1) is 6.92 Å². The minimum atomic E-state index is 0.324. The van der Waals surface area contributed by atoms with Gasteiger partial charge in [0.05, 0.1) is 0 Å². The van der Waals surface area contributed by atoms with Crippen molar-refractivity contribution in [3.8, 4) is 0 Å². The Morgan fingerprint density at radius 3 is 2.43 bits per heavy atom. The zero-order valence-corrected chi connectivity index (χ0v) is 13.3. The van der Waals surface area contributed by atoms with Crippen LogP contribution in [-0.2, 0) is 0 Å². The summed E-state index contributed by atoms with van der Waals surface area (Å²) < 4.78 is 0. The highest BCUT2D eigenvalue weighted by molar-refractivity contribution is 5.28. The van der Waals surface area contributed by atoms with Gasteiger partial charge in [-0.15, -0.1) is 0 Å². The molecule has 1 heterocycles. The largest absolute Gasteiger partial charge is 0.309 e. The Balaban J connectivity index is 2.33. The lowest BCUT2D eigenvalue weighted by Gasteiger charge is -2.28. The van der Waals surface area contributed by atoms with E-state index in [1.807, 2.05) is 12.4 Å². The number of hydrogen-bond acceptors (Lipinski definition) is 2. The molecule has 0 aliphatic carbocycles. The summed E-state index contributed by atoms with van der Waals surface area (Å²) in [7, 11) is 0. The average Bonchev–Trinajstić information content (AvgIpc) is 2.52. The molecule has 2 atom stereocenters. The SMILES string of the molecule is CCCNC(c1cncc(C)c1)C(CC)c1ccccc1. The van der Waals surface area contributed by atoms with Crippen LogP contribution >= 0.6 is 0 Å². The predicted octanol–water partition coefficient (Wildman–Crippen LogP) is 4.62. The quantitative estimate of drug-likeness (QED) is 0.801. The minimum absolute atomic E-state index is 0.324. The first-order valence-corrected chi connectivity index (χ1v) is 7.96. The Morgan fingerprint density at radius 2 is 1.81 bits per heavy atom. The van der Waals surface area contributed by atoms with E-state index in [-0.39, 0.29) is 0 Å². The molecular formula is C19H26N2. The summed E-state index contributed by atoms with van der Waals surface area (Å²) in [6, 6.07) is 13.4. The first-order chi connectivity index (χ1) is 10.3. The van der Waals surface area contributed by atoms with E-state index < -0.39 is 0 Å². The molecule has 21 heavy (non-hydrogen) atoms. The van der Waals surface area contributed by atoms with Crippen LogP contribution in [0.25, 0.3) is 0 Å². The summed E-state index contributed by atoms with van der Waals surface area (Å²) in [4.78, 5) is 4.38. The maximum absolute atomic E-state index is 4.38. The van der Waals surface area contributed by atoms with Crippen LogP contribution in [0.15, 0.2) is 48.8 Å². The van der Waals surface area contributed by atoms with Gasteiger partial charge in [-0.25, -0.2) is 0 Å². The molecule has 0 aliphatic rings. The second-order valence-electron chi connectivity index (χ2n) is 5.65. The van der Waals surface area contributed by atoms with E-state index in [0.717, 1.165) is 19.4 Å². The first-order valence-electron chi connectivity index (χ1n) is 7.96. The second-order valence-corrected chi connectivity index (χ2v) is 5.65. The highest BCUT2D eigenvalue weighted by Crippen LogP contribution is 2.33. The van der Waals surface area contributed by atoms with Crippen molar-refractivity contribution in [2.75, 3.05) is 6.54 Å². The number of hydrogen-bond donors (Lipinski definition) is 1. The van der Waals surface area contributed by atoms with Gasteiger partial charge in [0.1, 0.15) is 0 Å². The van der Waals surface area contributed by atoms with Gasteiger partial charge in [0, 0.05) is 24.4 Å². The molecule has 2 nitrogen and oxygen atoms in total. The van der Waals surface area contributed by atoms with Crippen LogP contribution in [0.2, 0.25) is 0 Å². The standard InChI is InChI=1S/C19H26N2/c1-4-11-21-19(17-12-15(3)13-20-14-17)18(5-2)16-9-7-6-8-10-16/h6-10,12-14,18-19,21H,4-5,11H2,1-3H3. The molecule has 0 saturated heterocycles. The molecule has 0 radical (unpaired) electrons. The Bertz CT molecular complexity index is 536. The summed E-state index contributed by atoms with van der Waals surface area (Å²) >= 11 is 0. The molecule has 0 bridgehead atoms. The number of nitrogens with one attached hydrogen (secondary N) is 1. The van der Waals surface area contributed by atoms with Gasteiger partial charge in [-0.05, 0) is 43.0 Å². The molecule has 1 aromatic carbocycles. The number of rotatable bonds is 7. The molecule has 0 fully saturated rings. The molecule has 0 saturated carbocycles. The highest BCUT2D eigenvalue weighted by atomic mass is 14.9. The third-order valence-corrected chi connectivity index (χ3v) is 3.94. The van der Waals surface area contributed by atoms with Gasteiger partial charge < -0.3 is 5.32 Å². The molecule has 2 rings (SSSR count). The Labute approximate surface area is 128 Å². The van der Waals surface area contributed by atoms with Crippen molar-refractivity contribution in [1.29, 1.82) is 0 Å². The monoisotopic (exact) mass is 282 g/mol. The summed E-state index contributed by atoms with van der Waals surface area (Å²) in [5.74, 6) is 0.473. The van der Waals surface area contributed by atoms with Gasteiger partial charge >= 0.3 is 0 Å². The molecule has 1 aromatic heterocycles. The average molecular weight is 282 g/mol. The van der Waals surface area contributed by atoms with Crippen LogP contribution in [-0.4, -0.2) is 11.5 Å². The van der Waals surface area contributed by atoms with Gasteiger partial charge in [-0.3, -0.25) is 4.98 Å². The van der Waals surface area contributed by atoms with E-state index in [1.54, 1.807) is 0 Å². The van der Waals surface area contributed by atoms with Crippen LogP contribution in [0.4, 0.5) is 0 Å². The third kappa shape index (κ3) is 4.15. The Hall–Kier alpha value is -1.67. The summed E-state index contributed by atoms with van der Waals surface area (Å²) in [6.45, 7) is 7.61. The fraction of sp³-hybridized carbons (Fsp3) is 0.421. The minimum Gasteiger partial charge on any atom is -0.309 e. The topological polar surface area (TPSA) is 24.9 Å². The van der Waals surface area contributed by atoms with Crippen LogP contribution in [0.3, 0.4) is 0 Å². The van der Waals surface area contributed by atoms with Gasteiger partial charge in [0.25, 0.3) is 0 Å². The van der Waals surface area contributed by atoms with E-state index >= 15 is 0 Å². The third-order valence-electron chi connectivity index (χ3n) is 3.94. The summed E-state index contributed by atoms with van der Waals surface area (Å²) in [6.07, 6.45) is 6.18. The van der Waals surface area contributed by atoms with Crippen LogP contribution in [0.1, 0.15) is 55.3 Å². The van der Waals surface area contributed by atoms with Gasteiger partial charge in [0.15, 0.2) is 0 Å². The van der Waals surface area contributed by atoms with Crippen molar-refractivity contribution in [1.82, 2.24) is 10.3 Å². The number of benzene rings is 1. The fourth-order valence-electron chi connectivity index (χ4n) is 2.90. The van der Waals surface area contributed by atoms with E-state index in [4.69, 9.17) is 0 Å². The molecule has 0 spiro atoms. The van der Waals surface area contributed by atoms with Gasteiger partial charge in [-0.2, -0.15) is 0 Å². The van der Waals surface area contributed by atoms with E-state index in [0.29, 0.717) is 12.0 Å². The van der Waals surface area contributed by atoms with E-state index in [2.05, 4.69) is 67.5 Å². The lowest BCUT2D eigenvalue weighted by Crippen LogP contribution is -2.28. The van der Waals surface area contributed by atoms with E-state index in [1.165, 1.54) is 16.7 Å². The van der Waals surface area contributed by atoms with Crippen LogP contribution in [0.5, 0.6) is 0 Å². The van der Waals surface area contributed by atoms with Crippen molar-refractivity contribution < 1.29 is 0 Å². The molecule has 2 unspecified atom stereocenters. The summed E-state index contributed by atoms with van der Waals surface area (Å²) in [5, 5.41) is 3.72. The van der Waals surface area contributed by atoms with E-state index in [9.17, 15) is 0 Å². The smallest absolute Gasteiger partial charge is 0.0404 e. The van der Waals surface area contributed by atoms with Crippen molar-refractivity contribution in [2.45, 2.75) is 45.6 Å². The molecule has 2 heteroatoms. The van der Waals surface area contributed by atoms with Crippen molar-refractivity contribution in [2.24, 2.45) is 0 Å². The molecule has 112 valence electrons. The Kier molecular flexibility index (Phi) is 5.94. The number of nitrogens with zero attached hydrogens (tertiary/aromatic N) is 1. The second kappa shape index (κ2) is 7.94. The summed E-state index contributed by atoms with van der Waals surface area (Å²) in [5.41, 5.74) is 3.91. The van der Waals surface area contributed by atoms with Gasteiger partial charge in [-0.1, -0.05) is 50.2 Å². The lowest BCUT2D eigenvalue weighted by molar-refractivity contribution is 0.434. The van der Waals surface area contributed by atoms with Gasteiger partial charge in [0.2, 0.25) is 0 Å². The zero-order valence-electron chi connectivity index (χ0n) is 13.3. The van der Waals surface area contributed by atoms with Crippen molar-refractivity contribution >= 4 is 0 Å². The van der Waals surface area contributed by atoms with Crippen molar-refractivity contribution in [3.63, 3.8) is 0 Å². The lowest BCUT2D eigenvalue weighted by atomic mass is 9.85. The highest BCUT2D eigenvalue weighted by Gasteiger charge is 2.23. The number of aromatic nitrogens is 1. The molecule has 0 amide bonds. The Morgan fingerprint density at radius 1 is 1.05 bits per heavy atom. The van der Waals surface area contributed by atoms with Crippen molar-refractivity contribution in [3.05, 3.63) is 65.5 Å². The fourth-order valence-corrected chi connectivity index (χ4v) is 2.90. The number of pyridine rings is 1. The normalized spacial score (nSPS) is 13.9. The molecular weight excluding hydrogens is 256 g/mol. The first kappa shape index (κ1) is 15.7. The number of aryl methyl sites for hydroxylation is 1. The molecule has 2 aromatic rings. The zero-order chi connectivity index (χ0) is 15.1. The molecule has 0 aliphatic heterocycles. The predicted molar refractivity (Wildman–Crippen MR) is 89.5 cm³/mol. The maximum atomic E-state index is 4.38. The van der Waals surface area contributed by atoms with Crippen LogP contribution < -0.4 is 5.32 Å². The maximum Gasteiger partial charge on any atom is 0.0404 e.